The summed E-state index contributed by atoms with van der Waals surface area (Å²) in [6.07, 6.45) is 0. The van der Waals surface area contributed by atoms with Crippen LogP contribution in [0.15, 0.2) is 72.8 Å². The molecule has 0 radical (unpaired) electrons. The van der Waals surface area contributed by atoms with Crippen LogP contribution in [0.2, 0.25) is 0 Å². The van der Waals surface area contributed by atoms with E-state index in [1.165, 1.54) is 0 Å². The Morgan fingerprint density at radius 3 is 2.14 bits per heavy atom. The number of carbonyl (C=O) groups is 1. The van der Waals surface area contributed by atoms with E-state index in [4.69, 9.17) is 10.00 Å². The molecule has 5 nitrogen and oxygen atoms in total. The molecule has 0 atom stereocenters. The predicted octanol–water partition coefficient (Wildman–Crippen LogP) is 5.15. The first-order chi connectivity index (χ1) is 14.1. The maximum absolute atomic E-state index is 11.8. The molecule has 0 amide bonds. The quantitative estimate of drug-likeness (QED) is 0.529. The standard InChI is InChI=1S/C24H16N2O3/c1-29-19-9-7-17(8-10-19)16-3-5-18(6-4-16)23-13-21(24(27)28)20-12-15(14-25)2-11-22(20)26-23/h2-13H,1H3,(H,27,28). The first kappa shape index (κ1) is 18.2. The monoisotopic (exact) mass is 380 g/mol. The van der Waals surface area contributed by atoms with Crippen LogP contribution >= 0.6 is 0 Å². The Morgan fingerprint density at radius 2 is 1.55 bits per heavy atom. The minimum atomic E-state index is -1.05. The summed E-state index contributed by atoms with van der Waals surface area (Å²) in [6, 6.07) is 24.0. The smallest absolute Gasteiger partial charge is 0.336 e. The Balaban J connectivity index is 1.76. The number of nitrogens with zero attached hydrogens (tertiary/aromatic N) is 2. The average Bonchev–Trinajstić information content (AvgIpc) is 2.78. The van der Waals surface area contributed by atoms with Crippen LogP contribution in [-0.2, 0) is 0 Å². The van der Waals surface area contributed by atoms with Gasteiger partial charge in [0.1, 0.15) is 5.75 Å². The number of fused-ring (bicyclic) bond motifs is 1. The zero-order chi connectivity index (χ0) is 20.4. The molecule has 4 rings (SSSR count). The molecule has 4 aromatic rings. The lowest BCUT2D eigenvalue weighted by Gasteiger charge is -2.09. The fraction of sp³-hybridized carbons (Fsp3) is 0.0417. The van der Waals surface area contributed by atoms with Gasteiger partial charge in [0, 0.05) is 10.9 Å². The predicted molar refractivity (Wildman–Crippen MR) is 111 cm³/mol. The van der Waals surface area contributed by atoms with Crippen LogP contribution < -0.4 is 4.74 Å². The lowest BCUT2D eigenvalue weighted by atomic mass is 10.00. The third kappa shape index (κ3) is 3.52. The highest BCUT2D eigenvalue weighted by Crippen LogP contribution is 2.28. The van der Waals surface area contributed by atoms with E-state index in [9.17, 15) is 9.90 Å². The van der Waals surface area contributed by atoms with Gasteiger partial charge < -0.3 is 9.84 Å². The number of methoxy groups -OCH3 is 1. The van der Waals surface area contributed by atoms with E-state index in [2.05, 4.69) is 4.98 Å². The highest BCUT2D eigenvalue weighted by Gasteiger charge is 2.14. The van der Waals surface area contributed by atoms with Crippen LogP contribution in [0.4, 0.5) is 0 Å². The molecule has 1 N–H and O–H groups in total. The molecule has 1 aromatic heterocycles. The van der Waals surface area contributed by atoms with Crippen LogP contribution in [0.3, 0.4) is 0 Å². The molecular weight excluding hydrogens is 364 g/mol. The summed E-state index contributed by atoms with van der Waals surface area (Å²) in [5.41, 5.74) is 4.54. The van der Waals surface area contributed by atoms with Gasteiger partial charge in [-0.05, 0) is 47.5 Å². The number of aromatic carboxylic acids is 1. The van der Waals surface area contributed by atoms with Crippen molar-refractivity contribution in [3.05, 3.63) is 83.9 Å². The first-order valence-corrected chi connectivity index (χ1v) is 8.92. The van der Waals surface area contributed by atoms with Crippen molar-refractivity contribution in [2.45, 2.75) is 0 Å². The van der Waals surface area contributed by atoms with Gasteiger partial charge in [0.2, 0.25) is 0 Å². The van der Waals surface area contributed by atoms with E-state index in [0.29, 0.717) is 22.2 Å². The van der Waals surface area contributed by atoms with E-state index >= 15 is 0 Å². The summed E-state index contributed by atoms with van der Waals surface area (Å²) in [6.45, 7) is 0. The zero-order valence-electron chi connectivity index (χ0n) is 15.6. The molecular formula is C24H16N2O3. The fourth-order valence-electron chi connectivity index (χ4n) is 3.24. The molecule has 0 bridgehead atoms. The maximum Gasteiger partial charge on any atom is 0.336 e. The van der Waals surface area contributed by atoms with Gasteiger partial charge in [-0.1, -0.05) is 36.4 Å². The molecule has 29 heavy (non-hydrogen) atoms. The summed E-state index contributed by atoms with van der Waals surface area (Å²) in [4.78, 5) is 16.4. The van der Waals surface area contributed by atoms with Gasteiger partial charge >= 0.3 is 5.97 Å². The third-order valence-electron chi connectivity index (χ3n) is 4.77. The Labute approximate surface area is 167 Å². The lowest BCUT2D eigenvalue weighted by molar-refractivity contribution is 0.0699. The van der Waals surface area contributed by atoms with Gasteiger partial charge in [-0.2, -0.15) is 5.26 Å². The number of ether oxygens (including phenoxy) is 1. The third-order valence-corrected chi connectivity index (χ3v) is 4.77. The molecule has 0 unspecified atom stereocenters. The van der Waals surface area contributed by atoms with E-state index in [1.807, 2.05) is 54.6 Å². The van der Waals surface area contributed by atoms with Crippen molar-refractivity contribution in [2.24, 2.45) is 0 Å². The normalized spacial score (nSPS) is 10.5. The minimum Gasteiger partial charge on any atom is -0.497 e. The van der Waals surface area contributed by atoms with Crippen LogP contribution in [0.25, 0.3) is 33.3 Å². The van der Waals surface area contributed by atoms with Gasteiger partial charge in [-0.15, -0.1) is 0 Å². The molecule has 1 heterocycles. The number of carboxylic acid groups (broad SMARTS) is 1. The molecule has 0 aliphatic rings. The number of aromatic nitrogens is 1. The number of hydrogen-bond donors (Lipinski definition) is 1. The van der Waals surface area contributed by atoms with Crippen molar-refractivity contribution in [1.29, 1.82) is 5.26 Å². The van der Waals surface area contributed by atoms with Crippen LogP contribution in [0.1, 0.15) is 15.9 Å². The molecule has 140 valence electrons. The summed E-state index contributed by atoms with van der Waals surface area (Å²) in [7, 11) is 1.63. The van der Waals surface area contributed by atoms with Crippen LogP contribution in [-0.4, -0.2) is 23.2 Å². The topological polar surface area (TPSA) is 83.2 Å². The highest BCUT2D eigenvalue weighted by molar-refractivity contribution is 6.04. The van der Waals surface area contributed by atoms with Crippen molar-refractivity contribution in [2.75, 3.05) is 7.11 Å². The van der Waals surface area contributed by atoms with E-state index in [0.717, 1.165) is 22.4 Å². The van der Waals surface area contributed by atoms with Gasteiger partial charge in [0.15, 0.2) is 0 Å². The summed E-state index contributed by atoms with van der Waals surface area (Å²) < 4.78 is 5.19. The summed E-state index contributed by atoms with van der Waals surface area (Å²) >= 11 is 0. The molecule has 5 heteroatoms. The fourth-order valence-corrected chi connectivity index (χ4v) is 3.24. The Kier molecular flexibility index (Phi) is 4.68. The first-order valence-electron chi connectivity index (χ1n) is 8.92. The van der Waals surface area contributed by atoms with Crippen molar-refractivity contribution < 1.29 is 14.6 Å². The van der Waals surface area contributed by atoms with E-state index in [-0.39, 0.29) is 5.56 Å². The number of carboxylic acids is 1. The van der Waals surface area contributed by atoms with Gasteiger partial charge in [-0.25, -0.2) is 9.78 Å². The van der Waals surface area contributed by atoms with Crippen LogP contribution in [0, 0.1) is 11.3 Å². The van der Waals surface area contributed by atoms with Gasteiger partial charge in [0.25, 0.3) is 0 Å². The van der Waals surface area contributed by atoms with E-state index < -0.39 is 5.97 Å². The van der Waals surface area contributed by atoms with Crippen molar-refractivity contribution in [3.8, 4) is 34.2 Å². The average molecular weight is 380 g/mol. The molecule has 0 saturated carbocycles. The summed E-state index contributed by atoms with van der Waals surface area (Å²) in [5.74, 6) is -0.255. The molecule has 0 fully saturated rings. The molecule has 3 aromatic carbocycles. The zero-order valence-corrected chi connectivity index (χ0v) is 15.6. The second kappa shape index (κ2) is 7.45. The minimum absolute atomic E-state index is 0.126. The van der Waals surface area contributed by atoms with Crippen LogP contribution in [0.5, 0.6) is 5.75 Å². The molecule has 0 spiro atoms. The van der Waals surface area contributed by atoms with Crippen molar-refractivity contribution in [1.82, 2.24) is 4.98 Å². The van der Waals surface area contributed by atoms with E-state index in [1.54, 1.807) is 31.4 Å². The second-order valence-electron chi connectivity index (χ2n) is 6.51. The maximum atomic E-state index is 11.8. The lowest BCUT2D eigenvalue weighted by Crippen LogP contribution is -2.00. The van der Waals surface area contributed by atoms with Gasteiger partial charge in [0.05, 0.1) is 35.5 Å². The molecule has 0 aliphatic heterocycles. The van der Waals surface area contributed by atoms with Crippen molar-refractivity contribution >= 4 is 16.9 Å². The number of hydrogen-bond acceptors (Lipinski definition) is 4. The number of pyridine rings is 1. The molecule has 0 aliphatic carbocycles. The number of nitriles is 1. The second-order valence-corrected chi connectivity index (χ2v) is 6.51. The Hall–Kier alpha value is -4.17. The Bertz CT molecular complexity index is 1250. The molecule has 0 saturated heterocycles. The number of rotatable bonds is 4. The SMILES string of the molecule is COc1ccc(-c2ccc(-c3cc(C(=O)O)c4cc(C#N)ccc4n3)cc2)cc1. The Morgan fingerprint density at radius 1 is 0.931 bits per heavy atom. The number of benzene rings is 3. The largest absolute Gasteiger partial charge is 0.497 e. The highest BCUT2D eigenvalue weighted by atomic mass is 16.5. The summed E-state index contributed by atoms with van der Waals surface area (Å²) in [5, 5.41) is 19.2. The van der Waals surface area contributed by atoms with Gasteiger partial charge in [-0.3, -0.25) is 0 Å². The van der Waals surface area contributed by atoms with Crippen molar-refractivity contribution in [3.63, 3.8) is 0 Å².